The Hall–Kier alpha value is -2.62. The third-order valence-corrected chi connectivity index (χ3v) is 5.48. The van der Waals surface area contributed by atoms with Crippen molar-refractivity contribution < 1.29 is 9.59 Å². The topological polar surface area (TPSA) is 40.6 Å². The van der Waals surface area contributed by atoms with E-state index in [0.29, 0.717) is 13.1 Å². The van der Waals surface area contributed by atoms with Gasteiger partial charge in [0.15, 0.2) is 0 Å². The largest absolute Gasteiger partial charge is 0.336 e. The molecule has 4 heteroatoms. The number of amides is 2. The maximum atomic E-state index is 13.3. The number of rotatable bonds is 5. The van der Waals surface area contributed by atoms with E-state index in [0.717, 1.165) is 22.4 Å². The summed E-state index contributed by atoms with van der Waals surface area (Å²) in [5.41, 5.74) is 5.43. The molecule has 1 aliphatic rings. The van der Waals surface area contributed by atoms with Gasteiger partial charge in [-0.3, -0.25) is 9.59 Å². The van der Waals surface area contributed by atoms with E-state index in [1.165, 1.54) is 5.56 Å². The predicted octanol–water partition coefficient (Wildman–Crippen LogP) is 4.40. The van der Waals surface area contributed by atoms with Crippen molar-refractivity contribution in [2.75, 3.05) is 11.4 Å². The summed E-state index contributed by atoms with van der Waals surface area (Å²) in [5, 5.41) is 0. The molecule has 1 heterocycles. The quantitative estimate of drug-likeness (QED) is 0.774. The minimum atomic E-state index is -0.293. The first-order valence-electron chi connectivity index (χ1n) is 10.0. The lowest BCUT2D eigenvalue weighted by Gasteiger charge is -2.29. The van der Waals surface area contributed by atoms with Crippen LogP contribution < -0.4 is 4.90 Å². The second-order valence-corrected chi connectivity index (χ2v) is 8.20. The van der Waals surface area contributed by atoms with Crippen molar-refractivity contribution in [2.24, 2.45) is 5.92 Å². The maximum absolute atomic E-state index is 13.3. The fourth-order valence-corrected chi connectivity index (χ4v) is 4.22. The lowest BCUT2D eigenvalue weighted by atomic mass is 10.0. The van der Waals surface area contributed by atoms with Crippen LogP contribution in [0.2, 0.25) is 0 Å². The minimum Gasteiger partial charge on any atom is -0.336 e. The van der Waals surface area contributed by atoms with Crippen molar-refractivity contribution in [3.8, 4) is 0 Å². The second kappa shape index (κ2) is 8.17. The number of carbonyl (C=O) groups excluding carboxylic acids is 2. The van der Waals surface area contributed by atoms with Gasteiger partial charge in [0.1, 0.15) is 0 Å². The van der Waals surface area contributed by atoms with Gasteiger partial charge in [-0.15, -0.1) is 0 Å². The first kappa shape index (κ1) is 20.1. The molecule has 0 bridgehead atoms. The average molecular weight is 379 g/mol. The Morgan fingerprint density at radius 3 is 2.29 bits per heavy atom. The Balaban J connectivity index is 1.81. The molecule has 4 nitrogen and oxygen atoms in total. The minimum absolute atomic E-state index is 0.0387. The molecule has 0 aliphatic carbocycles. The summed E-state index contributed by atoms with van der Waals surface area (Å²) in [6.45, 7) is 11.2. The molecule has 0 radical (unpaired) electrons. The fraction of sp³-hybridized carbons (Fsp3) is 0.417. The van der Waals surface area contributed by atoms with Gasteiger partial charge < -0.3 is 9.80 Å². The van der Waals surface area contributed by atoms with Crippen molar-refractivity contribution in [3.05, 3.63) is 64.7 Å². The molecule has 1 unspecified atom stereocenters. The highest BCUT2D eigenvalue weighted by Crippen LogP contribution is 2.32. The van der Waals surface area contributed by atoms with Crippen LogP contribution in [0, 0.1) is 26.7 Å². The SMILES string of the molecule is Cc1cc(C)c(N2CC(C(=O)N(Cc3ccccc3)C(C)C)CC2=O)c(C)c1. The van der Waals surface area contributed by atoms with E-state index in [2.05, 4.69) is 19.1 Å². The normalized spacial score (nSPS) is 16.7. The Morgan fingerprint density at radius 2 is 1.71 bits per heavy atom. The summed E-state index contributed by atoms with van der Waals surface area (Å²) >= 11 is 0. The highest BCUT2D eigenvalue weighted by molar-refractivity contribution is 6.01. The van der Waals surface area contributed by atoms with E-state index in [4.69, 9.17) is 0 Å². The Bertz CT molecular complexity index is 850. The van der Waals surface area contributed by atoms with Crippen LogP contribution >= 0.6 is 0 Å². The summed E-state index contributed by atoms with van der Waals surface area (Å²) in [5.74, 6) is -0.187. The van der Waals surface area contributed by atoms with Crippen LogP contribution in [0.3, 0.4) is 0 Å². The number of carbonyl (C=O) groups is 2. The van der Waals surface area contributed by atoms with E-state index in [1.807, 2.05) is 67.8 Å². The van der Waals surface area contributed by atoms with E-state index >= 15 is 0 Å². The number of nitrogens with zero attached hydrogens (tertiary/aromatic N) is 2. The van der Waals surface area contributed by atoms with Crippen LogP contribution in [-0.2, 0) is 16.1 Å². The van der Waals surface area contributed by atoms with Gasteiger partial charge in [-0.1, -0.05) is 48.0 Å². The van der Waals surface area contributed by atoms with E-state index in [1.54, 1.807) is 0 Å². The molecule has 0 spiro atoms. The number of anilines is 1. The first-order valence-corrected chi connectivity index (χ1v) is 10.0. The molecule has 0 aromatic heterocycles. The fourth-order valence-electron chi connectivity index (χ4n) is 4.22. The van der Waals surface area contributed by atoms with Crippen molar-refractivity contribution in [2.45, 2.75) is 53.6 Å². The summed E-state index contributed by atoms with van der Waals surface area (Å²) in [6.07, 6.45) is 0.281. The smallest absolute Gasteiger partial charge is 0.228 e. The van der Waals surface area contributed by atoms with Gasteiger partial charge in [-0.05, 0) is 51.3 Å². The molecule has 2 amide bonds. The van der Waals surface area contributed by atoms with Crippen LogP contribution in [-0.4, -0.2) is 29.3 Å². The molecule has 1 saturated heterocycles. The van der Waals surface area contributed by atoms with Crippen LogP contribution in [0.1, 0.15) is 42.5 Å². The van der Waals surface area contributed by atoms with Gasteiger partial charge in [-0.2, -0.15) is 0 Å². The number of aryl methyl sites for hydroxylation is 3. The summed E-state index contributed by atoms with van der Waals surface area (Å²) < 4.78 is 0. The van der Waals surface area contributed by atoms with Crippen LogP contribution in [0.4, 0.5) is 5.69 Å². The Labute approximate surface area is 168 Å². The van der Waals surface area contributed by atoms with E-state index in [9.17, 15) is 9.59 Å². The third kappa shape index (κ3) is 4.11. The summed E-state index contributed by atoms with van der Waals surface area (Å²) in [4.78, 5) is 29.8. The van der Waals surface area contributed by atoms with E-state index < -0.39 is 0 Å². The van der Waals surface area contributed by atoms with E-state index in [-0.39, 0.29) is 30.2 Å². The molecule has 0 N–H and O–H groups in total. The lowest BCUT2D eigenvalue weighted by molar-refractivity contribution is -0.138. The zero-order valence-corrected chi connectivity index (χ0v) is 17.5. The number of hydrogen-bond donors (Lipinski definition) is 0. The number of benzene rings is 2. The van der Waals surface area contributed by atoms with Crippen LogP contribution in [0.5, 0.6) is 0 Å². The zero-order chi connectivity index (χ0) is 20.4. The van der Waals surface area contributed by atoms with Crippen molar-refractivity contribution in [1.82, 2.24) is 4.90 Å². The Morgan fingerprint density at radius 1 is 1.11 bits per heavy atom. The average Bonchev–Trinajstić information content (AvgIpc) is 3.00. The molecule has 3 rings (SSSR count). The lowest BCUT2D eigenvalue weighted by Crippen LogP contribution is -2.41. The van der Waals surface area contributed by atoms with Gasteiger partial charge >= 0.3 is 0 Å². The molecule has 1 aliphatic heterocycles. The molecule has 1 fully saturated rings. The van der Waals surface area contributed by atoms with Gasteiger partial charge in [0.2, 0.25) is 11.8 Å². The molecule has 148 valence electrons. The number of hydrogen-bond acceptors (Lipinski definition) is 2. The third-order valence-electron chi connectivity index (χ3n) is 5.48. The molecule has 2 aromatic rings. The molecule has 2 aromatic carbocycles. The monoisotopic (exact) mass is 378 g/mol. The highest BCUT2D eigenvalue weighted by Gasteiger charge is 2.38. The van der Waals surface area contributed by atoms with Gasteiger partial charge in [0, 0.05) is 31.2 Å². The molecule has 0 saturated carbocycles. The van der Waals surface area contributed by atoms with Gasteiger partial charge in [-0.25, -0.2) is 0 Å². The van der Waals surface area contributed by atoms with Gasteiger partial charge in [0.25, 0.3) is 0 Å². The van der Waals surface area contributed by atoms with Gasteiger partial charge in [0.05, 0.1) is 5.92 Å². The van der Waals surface area contributed by atoms with Crippen LogP contribution in [0.25, 0.3) is 0 Å². The highest BCUT2D eigenvalue weighted by atomic mass is 16.2. The van der Waals surface area contributed by atoms with Crippen LogP contribution in [0.15, 0.2) is 42.5 Å². The Kier molecular flexibility index (Phi) is 5.87. The zero-order valence-electron chi connectivity index (χ0n) is 17.5. The standard InChI is InChI=1S/C24H30N2O2/c1-16(2)25(14-20-9-7-6-8-10-20)24(28)21-13-22(27)26(15-21)23-18(4)11-17(3)12-19(23)5/h6-12,16,21H,13-15H2,1-5H3. The second-order valence-electron chi connectivity index (χ2n) is 8.20. The van der Waals surface area contributed by atoms with Crippen molar-refractivity contribution >= 4 is 17.5 Å². The summed E-state index contributed by atoms with van der Waals surface area (Å²) in [7, 11) is 0. The van der Waals surface area contributed by atoms with Crippen molar-refractivity contribution in [1.29, 1.82) is 0 Å². The molecule has 28 heavy (non-hydrogen) atoms. The first-order chi connectivity index (χ1) is 13.3. The molecular weight excluding hydrogens is 348 g/mol. The maximum Gasteiger partial charge on any atom is 0.228 e. The molecular formula is C24H30N2O2. The predicted molar refractivity (Wildman–Crippen MR) is 113 cm³/mol. The van der Waals surface area contributed by atoms with Crippen molar-refractivity contribution in [3.63, 3.8) is 0 Å². The summed E-state index contributed by atoms with van der Waals surface area (Å²) in [6, 6.07) is 14.3. The molecule has 1 atom stereocenters.